The molecule has 0 aliphatic heterocycles. The molecule has 5 nitrogen and oxygen atoms in total. The van der Waals surface area contributed by atoms with Crippen molar-refractivity contribution in [2.75, 3.05) is 5.32 Å². The first kappa shape index (κ1) is 15.0. The van der Waals surface area contributed by atoms with Gasteiger partial charge in [-0.25, -0.2) is 4.79 Å². The first-order chi connectivity index (χ1) is 8.92. The third kappa shape index (κ3) is 4.99. The molecule has 0 saturated carbocycles. The number of carboxylic acids is 1. The molecule has 1 atom stereocenters. The first-order valence-electron chi connectivity index (χ1n) is 6.29. The van der Waals surface area contributed by atoms with Crippen LogP contribution in [0.25, 0.3) is 0 Å². The van der Waals surface area contributed by atoms with Crippen molar-refractivity contribution in [2.24, 2.45) is 0 Å². The molecule has 0 spiro atoms. The molecule has 0 bridgehead atoms. The van der Waals surface area contributed by atoms with Gasteiger partial charge in [-0.2, -0.15) is 0 Å². The zero-order valence-corrected chi connectivity index (χ0v) is 11.5. The zero-order valence-electron chi connectivity index (χ0n) is 11.5. The lowest BCUT2D eigenvalue weighted by Crippen LogP contribution is -2.39. The summed E-state index contributed by atoms with van der Waals surface area (Å²) in [5.74, 6) is -0.918. The van der Waals surface area contributed by atoms with Gasteiger partial charge >= 0.3 is 12.0 Å². The fourth-order valence-electron chi connectivity index (χ4n) is 1.72. The maximum atomic E-state index is 11.8. The van der Waals surface area contributed by atoms with Crippen LogP contribution < -0.4 is 10.6 Å². The molecular formula is C14H20N2O3. The molecule has 5 heteroatoms. The maximum Gasteiger partial charge on any atom is 0.319 e. The highest BCUT2D eigenvalue weighted by molar-refractivity contribution is 5.90. The van der Waals surface area contributed by atoms with Crippen molar-refractivity contribution in [3.05, 3.63) is 29.3 Å². The maximum absolute atomic E-state index is 11.8. The van der Waals surface area contributed by atoms with Gasteiger partial charge in [-0.15, -0.1) is 0 Å². The molecule has 3 N–H and O–H groups in total. The number of amides is 2. The Hall–Kier alpha value is -2.04. The molecule has 19 heavy (non-hydrogen) atoms. The molecule has 104 valence electrons. The normalized spacial score (nSPS) is 11.7. The average molecular weight is 264 g/mol. The minimum atomic E-state index is -0.918. The number of carboxylic acid groups (broad SMARTS) is 1. The Kier molecular flexibility index (Phi) is 5.36. The number of rotatable bonds is 5. The summed E-state index contributed by atoms with van der Waals surface area (Å²) in [5.41, 5.74) is 2.76. The van der Waals surface area contributed by atoms with Crippen LogP contribution in [0.2, 0.25) is 0 Å². The van der Waals surface area contributed by atoms with Gasteiger partial charge in [0.2, 0.25) is 0 Å². The fourth-order valence-corrected chi connectivity index (χ4v) is 1.72. The van der Waals surface area contributed by atoms with Gasteiger partial charge in [0.25, 0.3) is 0 Å². The van der Waals surface area contributed by atoms with Gasteiger partial charge in [-0.1, -0.05) is 19.1 Å². The third-order valence-electron chi connectivity index (χ3n) is 2.89. The second kappa shape index (κ2) is 6.78. The number of aliphatic carboxylic acids is 1. The van der Waals surface area contributed by atoms with E-state index in [0.717, 1.165) is 16.8 Å². The first-order valence-corrected chi connectivity index (χ1v) is 6.29. The van der Waals surface area contributed by atoms with Crippen LogP contribution in [0.1, 0.15) is 30.9 Å². The second-order valence-corrected chi connectivity index (χ2v) is 4.62. The summed E-state index contributed by atoms with van der Waals surface area (Å²) in [5, 5.41) is 14.1. The van der Waals surface area contributed by atoms with Crippen LogP contribution in [0.5, 0.6) is 0 Å². The van der Waals surface area contributed by atoms with Crippen molar-refractivity contribution in [1.29, 1.82) is 0 Å². The van der Waals surface area contributed by atoms with Crippen molar-refractivity contribution in [1.82, 2.24) is 5.32 Å². The molecule has 1 aromatic rings. The molecule has 1 aromatic carbocycles. The average Bonchev–Trinajstić information content (AvgIpc) is 2.32. The smallest absolute Gasteiger partial charge is 0.319 e. The summed E-state index contributed by atoms with van der Waals surface area (Å²) in [6.45, 7) is 5.69. The third-order valence-corrected chi connectivity index (χ3v) is 2.89. The molecule has 0 radical (unpaired) electrons. The van der Waals surface area contributed by atoms with Gasteiger partial charge in [-0.3, -0.25) is 4.79 Å². The van der Waals surface area contributed by atoms with Crippen molar-refractivity contribution in [2.45, 2.75) is 39.7 Å². The summed E-state index contributed by atoms with van der Waals surface area (Å²) in [6.07, 6.45) is 0.503. The highest BCUT2D eigenvalue weighted by Gasteiger charge is 2.14. The predicted molar refractivity (Wildman–Crippen MR) is 74.4 cm³/mol. The molecule has 0 saturated heterocycles. The van der Waals surface area contributed by atoms with E-state index in [4.69, 9.17) is 5.11 Å². The number of nitrogens with one attached hydrogen (secondary N) is 2. The van der Waals surface area contributed by atoms with Crippen molar-refractivity contribution >= 4 is 17.7 Å². The van der Waals surface area contributed by atoms with Crippen LogP contribution in [-0.2, 0) is 4.79 Å². The monoisotopic (exact) mass is 264 g/mol. The Bertz CT molecular complexity index is 472. The number of carbonyl (C=O) groups is 2. The van der Waals surface area contributed by atoms with E-state index >= 15 is 0 Å². The van der Waals surface area contributed by atoms with E-state index in [1.165, 1.54) is 0 Å². The Morgan fingerprint density at radius 3 is 2.58 bits per heavy atom. The number of hydrogen-bond donors (Lipinski definition) is 3. The lowest BCUT2D eigenvalue weighted by atomic mass is 10.1. The van der Waals surface area contributed by atoms with E-state index in [9.17, 15) is 9.59 Å². The van der Waals surface area contributed by atoms with Crippen molar-refractivity contribution < 1.29 is 14.7 Å². The van der Waals surface area contributed by atoms with Gasteiger partial charge in [0, 0.05) is 11.7 Å². The van der Waals surface area contributed by atoms with Crippen LogP contribution in [0.15, 0.2) is 18.2 Å². The number of carbonyl (C=O) groups excluding carboxylic acids is 1. The number of benzene rings is 1. The zero-order chi connectivity index (χ0) is 14.4. The lowest BCUT2D eigenvalue weighted by molar-refractivity contribution is -0.137. The minimum absolute atomic E-state index is 0.0727. The van der Waals surface area contributed by atoms with Gasteiger partial charge in [0.15, 0.2) is 0 Å². The molecule has 0 aromatic heterocycles. The summed E-state index contributed by atoms with van der Waals surface area (Å²) >= 11 is 0. The molecular weight excluding hydrogens is 244 g/mol. The highest BCUT2D eigenvalue weighted by atomic mass is 16.4. The molecule has 2 amide bonds. The quantitative estimate of drug-likeness (QED) is 0.765. The van der Waals surface area contributed by atoms with Crippen LogP contribution in [-0.4, -0.2) is 23.1 Å². The fraction of sp³-hybridized carbons (Fsp3) is 0.429. The minimum Gasteiger partial charge on any atom is -0.481 e. The molecule has 0 aliphatic rings. The predicted octanol–water partition coefficient (Wildman–Crippen LogP) is 2.68. The number of aryl methyl sites for hydroxylation is 2. The van der Waals surface area contributed by atoms with Crippen molar-refractivity contribution in [3.63, 3.8) is 0 Å². The second-order valence-electron chi connectivity index (χ2n) is 4.62. The number of urea groups is 1. The molecule has 0 fully saturated rings. The Labute approximate surface area is 113 Å². The molecule has 1 unspecified atom stereocenters. The Morgan fingerprint density at radius 2 is 2.00 bits per heavy atom. The van der Waals surface area contributed by atoms with Crippen molar-refractivity contribution in [3.8, 4) is 0 Å². The number of anilines is 1. The van der Waals surface area contributed by atoms with Crippen LogP contribution >= 0.6 is 0 Å². The van der Waals surface area contributed by atoms with E-state index in [2.05, 4.69) is 10.6 Å². The van der Waals surface area contributed by atoms with E-state index in [0.29, 0.717) is 6.42 Å². The molecule has 0 heterocycles. The Balaban J connectivity index is 2.63. The van der Waals surface area contributed by atoms with E-state index in [1.807, 2.05) is 39.0 Å². The SMILES string of the molecule is CCC(CC(=O)O)NC(=O)Nc1cc(C)ccc1C. The number of hydrogen-bond acceptors (Lipinski definition) is 2. The molecule has 0 aliphatic carbocycles. The van der Waals surface area contributed by atoms with Gasteiger partial charge in [-0.05, 0) is 37.5 Å². The van der Waals surface area contributed by atoms with Gasteiger partial charge in [0.1, 0.15) is 0 Å². The standard InChI is InChI=1S/C14H20N2O3/c1-4-11(8-13(17)18)15-14(19)16-12-7-9(2)5-6-10(12)3/h5-7,11H,4,8H2,1-3H3,(H,17,18)(H2,15,16,19). The summed E-state index contributed by atoms with van der Waals surface area (Å²) in [7, 11) is 0. The van der Waals surface area contributed by atoms with Gasteiger partial charge < -0.3 is 15.7 Å². The summed E-state index contributed by atoms with van der Waals surface area (Å²) in [4.78, 5) is 22.4. The van der Waals surface area contributed by atoms with Crippen LogP contribution in [0.3, 0.4) is 0 Å². The van der Waals surface area contributed by atoms with E-state index in [1.54, 1.807) is 0 Å². The van der Waals surface area contributed by atoms with Crippen LogP contribution in [0, 0.1) is 13.8 Å². The Morgan fingerprint density at radius 1 is 1.32 bits per heavy atom. The topological polar surface area (TPSA) is 78.4 Å². The highest BCUT2D eigenvalue weighted by Crippen LogP contribution is 2.16. The molecule has 1 rings (SSSR count). The largest absolute Gasteiger partial charge is 0.481 e. The van der Waals surface area contributed by atoms with E-state index < -0.39 is 5.97 Å². The lowest BCUT2D eigenvalue weighted by Gasteiger charge is -2.16. The van der Waals surface area contributed by atoms with Crippen LogP contribution in [0.4, 0.5) is 10.5 Å². The summed E-state index contributed by atoms with van der Waals surface area (Å²) < 4.78 is 0. The summed E-state index contributed by atoms with van der Waals surface area (Å²) in [6, 6.07) is 5.05. The van der Waals surface area contributed by atoms with Gasteiger partial charge in [0.05, 0.1) is 6.42 Å². The van der Waals surface area contributed by atoms with E-state index in [-0.39, 0.29) is 18.5 Å².